The lowest BCUT2D eigenvalue weighted by Crippen LogP contribution is -2.14. The Hall–Kier alpha value is -2.26. The summed E-state index contributed by atoms with van der Waals surface area (Å²) in [6, 6.07) is 9.92. The lowest BCUT2D eigenvalue weighted by Gasteiger charge is -2.13. The van der Waals surface area contributed by atoms with E-state index in [-0.39, 0.29) is 21.2 Å². The second-order valence-electron chi connectivity index (χ2n) is 4.92. The van der Waals surface area contributed by atoms with Crippen molar-refractivity contribution in [2.45, 2.75) is 9.79 Å². The van der Waals surface area contributed by atoms with Crippen LogP contribution in [0.1, 0.15) is 0 Å². The number of nitrogens with one attached hydrogen (secondary N) is 1. The maximum Gasteiger partial charge on any atom is 0.265 e. The molecule has 0 aliphatic heterocycles. The highest BCUT2D eigenvalue weighted by Crippen LogP contribution is 2.30. The molecule has 0 heterocycles. The molecule has 0 spiro atoms. The highest BCUT2D eigenvalue weighted by molar-refractivity contribution is 7.93. The molecule has 0 saturated heterocycles. The molecule has 0 aliphatic carbocycles. The summed E-state index contributed by atoms with van der Waals surface area (Å²) >= 11 is 0. The maximum atomic E-state index is 12.6. The molecule has 0 radical (unpaired) electrons. The van der Waals surface area contributed by atoms with Gasteiger partial charge in [-0.3, -0.25) is 4.72 Å². The zero-order valence-electron chi connectivity index (χ0n) is 13.3. The van der Waals surface area contributed by atoms with Gasteiger partial charge in [0.2, 0.25) is 0 Å². The standard InChI is InChI=1S/C15H17NO6S2/c1-21-12-7-8-14(22-2)15(10-12)24(19,20)16-11-5-4-6-13(9-11)23(3,17)18/h4-10,16H,1-3H3. The molecule has 0 aliphatic rings. The van der Waals surface area contributed by atoms with Gasteiger partial charge in [-0.15, -0.1) is 0 Å². The fraction of sp³-hybridized carbons (Fsp3) is 0.200. The Balaban J connectivity index is 2.46. The molecule has 2 aromatic rings. The first-order valence-corrected chi connectivity index (χ1v) is 10.1. The summed E-state index contributed by atoms with van der Waals surface area (Å²) in [5, 5.41) is 0. The van der Waals surface area contributed by atoms with E-state index in [1.54, 1.807) is 6.07 Å². The molecule has 0 amide bonds. The first-order chi connectivity index (χ1) is 11.2. The SMILES string of the molecule is COc1ccc(OC)c(S(=O)(=O)Nc2cccc(S(C)(=O)=O)c2)c1. The second-order valence-corrected chi connectivity index (χ2v) is 8.59. The van der Waals surface area contributed by atoms with Gasteiger partial charge in [0.05, 0.1) is 24.8 Å². The maximum absolute atomic E-state index is 12.6. The van der Waals surface area contributed by atoms with Gasteiger partial charge in [0, 0.05) is 12.3 Å². The number of hydrogen-bond acceptors (Lipinski definition) is 6. The van der Waals surface area contributed by atoms with Crippen molar-refractivity contribution in [3.63, 3.8) is 0 Å². The van der Waals surface area contributed by atoms with Crippen LogP contribution in [0.5, 0.6) is 11.5 Å². The van der Waals surface area contributed by atoms with E-state index in [9.17, 15) is 16.8 Å². The van der Waals surface area contributed by atoms with Crippen LogP contribution in [0.2, 0.25) is 0 Å². The fourth-order valence-electron chi connectivity index (χ4n) is 1.99. The monoisotopic (exact) mass is 371 g/mol. The number of hydrogen-bond donors (Lipinski definition) is 1. The van der Waals surface area contributed by atoms with Gasteiger partial charge in [-0.25, -0.2) is 16.8 Å². The Morgan fingerprint density at radius 2 is 1.62 bits per heavy atom. The van der Waals surface area contributed by atoms with Crippen molar-refractivity contribution in [1.82, 2.24) is 0 Å². The van der Waals surface area contributed by atoms with Crippen molar-refractivity contribution in [1.29, 1.82) is 0 Å². The molecule has 0 saturated carbocycles. The van der Waals surface area contributed by atoms with Gasteiger partial charge in [0.25, 0.3) is 10.0 Å². The van der Waals surface area contributed by atoms with Crippen molar-refractivity contribution < 1.29 is 26.3 Å². The van der Waals surface area contributed by atoms with Crippen molar-refractivity contribution in [2.24, 2.45) is 0 Å². The molecule has 9 heteroatoms. The quantitative estimate of drug-likeness (QED) is 0.833. The van der Waals surface area contributed by atoms with Crippen molar-refractivity contribution in [3.05, 3.63) is 42.5 Å². The smallest absolute Gasteiger partial charge is 0.265 e. The number of sulfone groups is 1. The molecule has 0 aromatic heterocycles. The van der Waals surface area contributed by atoms with Crippen molar-refractivity contribution >= 4 is 25.5 Å². The number of sulfonamides is 1. The molecule has 0 bridgehead atoms. The van der Waals surface area contributed by atoms with E-state index >= 15 is 0 Å². The zero-order chi connectivity index (χ0) is 18.0. The van der Waals surface area contributed by atoms with Crippen molar-refractivity contribution in [3.8, 4) is 11.5 Å². The van der Waals surface area contributed by atoms with Gasteiger partial charge in [0.15, 0.2) is 9.84 Å². The van der Waals surface area contributed by atoms with E-state index in [1.165, 1.54) is 50.6 Å². The fourth-order valence-corrected chi connectivity index (χ4v) is 3.90. The van der Waals surface area contributed by atoms with Gasteiger partial charge >= 0.3 is 0 Å². The molecule has 0 atom stereocenters. The van der Waals surface area contributed by atoms with Gasteiger partial charge < -0.3 is 9.47 Å². The van der Waals surface area contributed by atoms with Gasteiger partial charge in [-0.1, -0.05) is 6.07 Å². The second kappa shape index (κ2) is 6.70. The third-order valence-corrected chi connectivity index (χ3v) is 5.69. The normalized spacial score (nSPS) is 11.8. The van der Waals surface area contributed by atoms with Crippen LogP contribution in [0.15, 0.2) is 52.3 Å². The first kappa shape index (κ1) is 18.1. The summed E-state index contributed by atoms with van der Waals surface area (Å²) in [6.45, 7) is 0. The predicted molar refractivity (Wildman–Crippen MR) is 89.9 cm³/mol. The average Bonchev–Trinajstić information content (AvgIpc) is 2.53. The number of ether oxygens (including phenoxy) is 2. The molecular formula is C15H17NO6S2. The minimum absolute atomic E-state index is 0.0142. The third-order valence-electron chi connectivity index (χ3n) is 3.17. The topological polar surface area (TPSA) is 98.8 Å². The van der Waals surface area contributed by atoms with E-state index in [0.29, 0.717) is 5.75 Å². The Labute approximate surface area is 141 Å². The Kier molecular flexibility index (Phi) is 5.05. The highest BCUT2D eigenvalue weighted by atomic mass is 32.2. The summed E-state index contributed by atoms with van der Waals surface area (Å²) in [4.78, 5) is -0.102. The van der Waals surface area contributed by atoms with E-state index in [4.69, 9.17) is 9.47 Å². The average molecular weight is 371 g/mol. The lowest BCUT2D eigenvalue weighted by molar-refractivity contribution is 0.392. The van der Waals surface area contributed by atoms with E-state index in [2.05, 4.69) is 4.72 Å². The molecule has 7 nitrogen and oxygen atoms in total. The van der Waals surface area contributed by atoms with E-state index in [1.807, 2.05) is 0 Å². The van der Waals surface area contributed by atoms with E-state index < -0.39 is 19.9 Å². The third kappa shape index (κ3) is 3.98. The lowest BCUT2D eigenvalue weighted by atomic mass is 10.3. The predicted octanol–water partition coefficient (Wildman–Crippen LogP) is 1.91. The highest BCUT2D eigenvalue weighted by Gasteiger charge is 2.21. The van der Waals surface area contributed by atoms with Crippen LogP contribution in [0.3, 0.4) is 0 Å². The molecule has 0 fully saturated rings. The molecule has 2 rings (SSSR count). The minimum atomic E-state index is -4.00. The summed E-state index contributed by atoms with van der Waals surface area (Å²) < 4.78 is 60.9. The number of methoxy groups -OCH3 is 2. The van der Waals surface area contributed by atoms with Crippen LogP contribution in [0.25, 0.3) is 0 Å². The number of benzene rings is 2. The van der Waals surface area contributed by atoms with E-state index in [0.717, 1.165) is 6.26 Å². The Morgan fingerprint density at radius 3 is 2.21 bits per heavy atom. The van der Waals surface area contributed by atoms with Crippen LogP contribution in [-0.4, -0.2) is 37.3 Å². The number of anilines is 1. The van der Waals surface area contributed by atoms with Gasteiger partial charge in [-0.05, 0) is 30.3 Å². The molecule has 2 aromatic carbocycles. The molecular weight excluding hydrogens is 354 g/mol. The summed E-state index contributed by atoms with van der Waals surface area (Å²) in [5.74, 6) is 0.489. The van der Waals surface area contributed by atoms with Crippen LogP contribution in [0.4, 0.5) is 5.69 Å². The number of rotatable bonds is 6. The summed E-state index contributed by atoms with van der Waals surface area (Å²) in [6.07, 6.45) is 1.05. The van der Waals surface area contributed by atoms with Crippen LogP contribution >= 0.6 is 0 Å². The minimum Gasteiger partial charge on any atom is -0.497 e. The van der Waals surface area contributed by atoms with Crippen LogP contribution < -0.4 is 14.2 Å². The zero-order valence-corrected chi connectivity index (χ0v) is 14.9. The molecule has 24 heavy (non-hydrogen) atoms. The Morgan fingerprint density at radius 1 is 0.917 bits per heavy atom. The van der Waals surface area contributed by atoms with Gasteiger partial charge in [0.1, 0.15) is 16.4 Å². The summed E-state index contributed by atoms with van der Waals surface area (Å²) in [7, 11) is -4.68. The largest absolute Gasteiger partial charge is 0.497 e. The molecule has 0 unspecified atom stereocenters. The molecule has 1 N–H and O–H groups in total. The first-order valence-electron chi connectivity index (χ1n) is 6.72. The van der Waals surface area contributed by atoms with Crippen LogP contribution in [-0.2, 0) is 19.9 Å². The van der Waals surface area contributed by atoms with Crippen LogP contribution in [0, 0.1) is 0 Å². The van der Waals surface area contributed by atoms with Crippen molar-refractivity contribution in [2.75, 3.05) is 25.2 Å². The summed E-state index contributed by atoms with van der Waals surface area (Å²) in [5.41, 5.74) is 0.128. The molecule has 130 valence electrons. The van der Waals surface area contributed by atoms with Gasteiger partial charge in [-0.2, -0.15) is 0 Å². The Bertz CT molecular complexity index is 952.